The molecule has 1 fully saturated rings. The number of aromatic hydroxyl groups is 2. The van der Waals surface area contributed by atoms with E-state index in [-0.39, 0.29) is 28.0 Å². The fourth-order valence-corrected chi connectivity index (χ4v) is 3.36. The summed E-state index contributed by atoms with van der Waals surface area (Å²) in [6.45, 7) is 1.51. The van der Waals surface area contributed by atoms with Crippen molar-refractivity contribution < 1.29 is 39.4 Å². The van der Waals surface area contributed by atoms with Crippen LogP contribution in [-0.2, 0) is 4.74 Å². The van der Waals surface area contributed by atoms with Crippen LogP contribution in [0, 0.1) is 0 Å². The largest absolute Gasteiger partial charge is 0.508 e. The zero-order valence-electron chi connectivity index (χ0n) is 15.8. The zero-order chi connectivity index (χ0) is 21.6. The monoisotopic (exact) mass is 416 g/mol. The van der Waals surface area contributed by atoms with Gasteiger partial charge in [0.15, 0.2) is 0 Å². The van der Waals surface area contributed by atoms with Gasteiger partial charge in [-0.05, 0) is 24.6 Å². The highest BCUT2D eigenvalue weighted by molar-refractivity contribution is 5.88. The van der Waals surface area contributed by atoms with Crippen molar-refractivity contribution in [2.45, 2.75) is 37.6 Å². The second-order valence-corrected chi connectivity index (χ2v) is 7.14. The molecular weight excluding hydrogens is 396 g/mol. The molecule has 0 saturated carbocycles. The highest BCUT2D eigenvalue weighted by Crippen LogP contribution is 2.32. The van der Waals surface area contributed by atoms with Gasteiger partial charge in [0.2, 0.25) is 11.7 Å². The molecule has 0 radical (unpaired) electrons. The molecule has 9 heteroatoms. The number of aliphatic hydroxyl groups is 3. The van der Waals surface area contributed by atoms with Crippen molar-refractivity contribution in [2.24, 2.45) is 0 Å². The summed E-state index contributed by atoms with van der Waals surface area (Å²) in [7, 11) is 0. The number of hydrogen-bond acceptors (Lipinski definition) is 9. The average molecular weight is 416 g/mol. The van der Waals surface area contributed by atoms with Gasteiger partial charge in [-0.2, -0.15) is 0 Å². The van der Waals surface area contributed by atoms with Crippen LogP contribution in [0.2, 0.25) is 0 Å². The second kappa shape index (κ2) is 7.62. The van der Waals surface area contributed by atoms with Crippen LogP contribution in [0.15, 0.2) is 51.9 Å². The third-order valence-electron chi connectivity index (χ3n) is 5.07. The molecule has 9 nitrogen and oxygen atoms in total. The van der Waals surface area contributed by atoms with Gasteiger partial charge in [-0.25, -0.2) is 0 Å². The van der Waals surface area contributed by atoms with E-state index in [0.29, 0.717) is 5.56 Å². The topological polar surface area (TPSA) is 150 Å². The van der Waals surface area contributed by atoms with E-state index in [2.05, 4.69) is 0 Å². The summed E-state index contributed by atoms with van der Waals surface area (Å²) in [6.07, 6.45) is -5.15. The van der Waals surface area contributed by atoms with E-state index >= 15 is 0 Å². The van der Waals surface area contributed by atoms with E-state index in [9.17, 15) is 30.3 Å². The van der Waals surface area contributed by atoms with Crippen LogP contribution in [-0.4, -0.2) is 56.2 Å². The maximum Gasteiger partial charge on any atom is 0.229 e. The van der Waals surface area contributed by atoms with E-state index in [1.807, 2.05) is 0 Å². The Labute approximate surface area is 170 Å². The summed E-state index contributed by atoms with van der Waals surface area (Å²) in [5.41, 5.74) is 0.260. The van der Waals surface area contributed by atoms with Crippen molar-refractivity contribution in [1.29, 1.82) is 0 Å². The lowest BCUT2D eigenvalue weighted by Gasteiger charge is -2.38. The van der Waals surface area contributed by atoms with Crippen LogP contribution in [0.25, 0.3) is 22.1 Å². The molecular formula is C21H20O9. The van der Waals surface area contributed by atoms with Crippen molar-refractivity contribution in [1.82, 2.24) is 0 Å². The molecule has 0 aliphatic carbocycles. The van der Waals surface area contributed by atoms with Crippen LogP contribution in [0.5, 0.6) is 17.2 Å². The van der Waals surface area contributed by atoms with Gasteiger partial charge in [-0.1, -0.05) is 12.1 Å². The van der Waals surface area contributed by atoms with Crippen LogP contribution in [0.3, 0.4) is 0 Å². The Morgan fingerprint density at radius 2 is 1.67 bits per heavy atom. The van der Waals surface area contributed by atoms with Gasteiger partial charge >= 0.3 is 0 Å². The molecule has 30 heavy (non-hydrogen) atoms. The van der Waals surface area contributed by atoms with Crippen molar-refractivity contribution in [2.75, 3.05) is 0 Å². The molecule has 2 aromatic carbocycles. The second-order valence-electron chi connectivity index (χ2n) is 7.14. The smallest absolute Gasteiger partial charge is 0.229 e. The van der Waals surface area contributed by atoms with Crippen molar-refractivity contribution in [3.8, 4) is 28.4 Å². The molecule has 4 rings (SSSR count). The Kier molecular flexibility index (Phi) is 5.12. The maximum absolute atomic E-state index is 12.9. The number of phenols is 2. The Morgan fingerprint density at radius 1 is 0.967 bits per heavy atom. The van der Waals surface area contributed by atoms with E-state index in [1.54, 1.807) is 12.1 Å². The average Bonchev–Trinajstić information content (AvgIpc) is 2.71. The molecule has 0 spiro atoms. The van der Waals surface area contributed by atoms with E-state index in [0.717, 1.165) is 6.07 Å². The first-order valence-corrected chi connectivity index (χ1v) is 9.20. The first-order chi connectivity index (χ1) is 14.3. The van der Waals surface area contributed by atoms with E-state index < -0.39 is 41.9 Å². The van der Waals surface area contributed by atoms with Gasteiger partial charge in [0.25, 0.3) is 0 Å². The van der Waals surface area contributed by atoms with Gasteiger partial charge in [0.1, 0.15) is 52.8 Å². The Morgan fingerprint density at radius 3 is 2.37 bits per heavy atom. The van der Waals surface area contributed by atoms with Crippen LogP contribution >= 0.6 is 0 Å². The SMILES string of the molecule is CC1OC(Oc2cc(O)c3c(=O)c(-c4ccc(O)cc4)coc3c2)C(O)C(O)C1O. The number of ether oxygens (including phenoxy) is 2. The fraction of sp³-hybridized carbons (Fsp3) is 0.286. The normalized spacial score (nSPS) is 26.6. The lowest BCUT2D eigenvalue weighted by atomic mass is 10.00. The zero-order valence-corrected chi connectivity index (χ0v) is 15.8. The summed E-state index contributed by atoms with van der Waals surface area (Å²) >= 11 is 0. The lowest BCUT2D eigenvalue weighted by molar-refractivity contribution is -0.268. The Hall–Kier alpha value is -3.11. The van der Waals surface area contributed by atoms with E-state index in [1.165, 1.54) is 31.4 Å². The minimum absolute atomic E-state index is 0.0281. The quantitative estimate of drug-likeness (QED) is 0.423. The number of rotatable bonds is 3. The third-order valence-corrected chi connectivity index (χ3v) is 5.07. The van der Waals surface area contributed by atoms with Gasteiger partial charge in [-0.15, -0.1) is 0 Å². The number of hydrogen-bond donors (Lipinski definition) is 5. The minimum Gasteiger partial charge on any atom is -0.508 e. The number of benzene rings is 2. The molecule has 5 N–H and O–H groups in total. The molecule has 0 amide bonds. The van der Waals surface area contributed by atoms with Gasteiger partial charge in [-0.3, -0.25) is 4.79 Å². The molecule has 5 atom stereocenters. The highest BCUT2D eigenvalue weighted by atomic mass is 16.7. The predicted octanol–water partition coefficient (Wildman–Crippen LogP) is 1.08. The molecule has 5 unspecified atom stereocenters. The number of aliphatic hydroxyl groups excluding tert-OH is 3. The summed E-state index contributed by atoms with van der Waals surface area (Å²) in [5, 5.41) is 49.5. The molecule has 1 aliphatic rings. The molecule has 2 heterocycles. The van der Waals surface area contributed by atoms with E-state index in [4.69, 9.17) is 13.9 Å². The predicted molar refractivity (Wildman–Crippen MR) is 104 cm³/mol. The molecule has 0 bridgehead atoms. The molecule has 158 valence electrons. The summed E-state index contributed by atoms with van der Waals surface area (Å²) < 4.78 is 16.4. The Balaban J connectivity index is 1.69. The number of fused-ring (bicyclic) bond motifs is 1. The highest BCUT2D eigenvalue weighted by Gasteiger charge is 2.43. The van der Waals surface area contributed by atoms with Crippen LogP contribution in [0.4, 0.5) is 0 Å². The van der Waals surface area contributed by atoms with Crippen molar-refractivity contribution in [3.05, 3.63) is 52.9 Å². The van der Waals surface area contributed by atoms with Gasteiger partial charge in [0, 0.05) is 12.1 Å². The first kappa shape index (κ1) is 20.2. The maximum atomic E-state index is 12.9. The summed E-state index contributed by atoms with van der Waals surface area (Å²) in [5.74, 6) is -0.330. The first-order valence-electron chi connectivity index (χ1n) is 9.20. The summed E-state index contributed by atoms with van der Waals surface area (Å²) in [6, 6.07) is 8.46. The van der Waals surface area contributed by atoms with Crippen LogP contribution in [0.1, 0.15) is 6.92 Å². The van der Waals surface area contributed by atoms with Crippen LogP contribution < -0.4 is 10.2 Å². The molecule has 1 saturated heterocycles. The van der Waals surface area contributed by atoms with Crippen molar-refractivity contribution >= 4 is 11.0 Å². The standard InChI is InChI=1S/C21H20O9/c1-9-17(24)19(26)20(27)21(29-9)30-12-6-14(23)16-15(7-12)28-8-13(18(16)25)10-2-4-11(22)5-3-10/h2-9,17,19-24,26-27H,1H3. The lowest BCUT2D eigenvalue weighted by Crippen LogP contribution is -2.58. The van der Waals surface area contributed by atoms with Crippen molar-refractivity contribution in [3.63, 3.8) is 0 Å². The molecule has 3 aromatic rings. The van der Waals surface area contributed by atoms with Gasteiger partial charge < -0.3 is 39.4 Å². The van der Waals surface area contributed by atoms with Gasteiger partial charge in [0.05, 0.1) is 11.7 Å². The number of phenolic OH excluding ortho intramolecular Hbond substituents is 2. The Bertz CT molecular complexity index is 1120. The third kappa shape index (κ3) is 3.48. The summed E-state index contributed by atoms with van der Waals surface area (Å²) in [4.78, 5) is 12.9. The fourth-order valence-electron chi connectivity index (χ4n) is 3.36. The minimum atomic E-state index is -1.53. The molecule has 1 aliphatic heterocycles. The molecule has 1 aromatic heterocycles.